The number of hydrogen-bond acceptors (Lipinski definition) is 5. The topological polar surface area (TPSA) is 81.2 Å². The van der Waals surface area contributed by atoms with E-state index in [4.69, 9.17) is 8.94 Å². The summed E-state index contributed by atoms with van der Waals surface area (Å²) in [5, 5.41) is 6.65. The van der Waals surface area contributed by atoms with Gasteiger partial charge in [-0.25, -0.2) is 4.39 Å². The van der Waals surface area contributed by atoms with E-state index >= 15 is 0 Å². The van der Waals surface area contributed by atoms with Gasteiger partial charge in [-0.2, -0.15) is 4.98 Å². The van der Waals surface area contributed by atoms with E-state index in [-0.39, 0.29) is 11.7 Å². The molecule has 0 bridgehead atoms. The zero-order valence-electron chi connectivity index (χ0n) is 13.0. The number of aromatic nitrogens is 2. The molecule has 0 aliphatic heterocycles. The third kappa shape index (κ3) is 3.87. The molecule has 3 rings (SSSR count). The van der Waals surface area contributed by atoms with E-state index in [2.05, 4.69) is 15.5 Å². The highest BCUT2D eigenvalue weighted by Gasteiger charge is 2.17. The minimum absolute atomic E-state index is 0.138. The van der Waals surface area contributed by atoms with Crippen LogP contribution in [0.15, 0.2) is 51.6 Å². The second-order valence-electron chi connectivity index (χ2n) is 5.33. The molecule has 6 nitrogen and oxygen atoms in total. The van der Waals surface area contributed by atoms with Crippen LogP contribution in [0.1, 0.15) is 31.0 Å². The summed E-state index contributed by atoms with van der Waals surface area (Å²) in [6.07, 6.45) is 2.40. The van der Waals surface area contributed by atoms with Gasteiger partial charge in [0, 0.05) is 18.4 Å². The van der Waals surface area contributed by atoms with E-state index in [1.807, 2.05) is 6.07 Å². The summed E-state index contributed by atoms with van der Waals surface area (Å²) in [7, 11) is 0. The van der Waals surface area contributed by atoms with Crippen molar-refractivity contribution in [3.63, 3.8) is 0 Å². The van der Waals surface area contributed by atoms with E-state index in [9.17, 15) is 9.18 Å². The van der Waals surface area contributed by atoms with E-state index in [1.54, 1.807) is 31.4 Å². The molecule has 0 saturated heterocycles. The second-order valence-corrected chi connectivity index (χ2v) is 5.33. The van der Waals surface area contributed by atoms with Crippen LogP contribution in [-0.2, 0) is 11.2 Å². The third-order valence-corrected chi connectivity index (χ3v) is 3.47. The Labute approximate surface area is 137 Å². The maximum Gasteiger partial charge on any atom is 0.249 e. The van der Waals surface area contributed by atoms with Gasteiger partial charge in [0.1, 0.15) is 17.6 Å². The molecular formula is C17H16FN3O3. The Bertz CT molecular complexity index is 797. The van der Waals surface area contributed by atoms with Crippen molar-refractivity contribution in [3.8, 4) is 11.4 Å². The van der Waals surface area contributed by atoms with E-state index in [0.717, 1.165) is 5.76 Å². The van der Waals surface area contributed by atoms with Gasteiger partial charge in [0.25, 0.3) is 0 Å². The molecule has 2 heterocycles. The molecule has 0 unspecified atom stereocenters. The molecule has 2 aromatic heterocycles. The number of halogens is 1. The van der Waals surface area contributed by atoms with Gasteiger partial charge >= 0.3 is 0 Å². The van der Waals surface area contributed by atoms with Crippen LogP contribution in [0.5, 0.6) is 0 Å². The molecule has 1 aromatic carbocycles. The lowest BCUT2D eigenvalue weighted by molar-refractivity contribution is -0.121. The molecule has 0 saturated carbocycles. The predicted molar refractivity (Wildman–Crippen MR) is 83.3 cm³/mol. The number of carbonyl (C=O) groups is 1. The Kier molecular flexibility index (Phi) is 4.69. The van der Waals surface area contributed by atoms with Crippen molar-refractivity contribution in [1.29, 1.82) is 0 Å². The summed E-state index contributed by atoms with van der Waals surface area (Å²) in [4.78, 5) is 16.2. The zero-order chi connectivity index (χ0) is 16.9. The van der Waals surface area contributed by atoms with Gasteiger partial charge in [-0.05, 0) is 43.3 Å². The highest BCUT2D eigenvalue weighted by Crippen LogP contribution is 2.19. The van der Waals surface area contributed by atoms with Gasteiger partial charge in [0.05, 0.1) is 6.26 Å². The molecule has 24 heavy (non-hydrogen) atoms. The van der Waals surface area contributed by atoms with Gasteiger partial charge in [0.15, 0.2) is 0 Å². The number of amides is 1. The molecule has 0 aliphatic rings. The maximum atomic E-state index is 12.9. The number of benzene rings is 1. The molecule has 3 aromatic rings. The first kappa shape index (κ1) is 15.9. The number of nitrogens with one attached hydrogen (secondary N) is 1. The van der Waals surface area contributed by atoms with Crippen LogP contribution in [0.3, 0.4) is 0 Å². The molecule has 1 N–H and O–H groups in total. The van der Waals surface area contributed by atoms with Crippen molar-refractivity contribution in [1.82, 2.24) is 15.5 Å². The molecule has 124 valence electrons. The monoisotopic (exact) mass is 329 g/mol. The summed E-state index contributed by atoms with van der Waals surface area (Å²) in [6, 6.07) is 8.97. The van der Waals surface area contributed by atoms with Crippen LogP contribution in [-0.4, -0.2) is 16.0 Å². The highest BCUT2D eigenvalue weighted by atomic mass is 19.1. The second kappa shape index (κ2) is 7.08. The highest BCUT2D eigenvalue weighted by molar-refractivity contribution is 5.76. The molecule has 7 heteroatoms. The largest absolute Gasteiger partial charge is 0.469 e. The van der Waals surface area contributed by atoms with Crippen molar-refractivity contribution in [3.05, 3.63) is 60.1 Å². The summed E-state index contributed by atoms with van der Waals surface area (Å²) < 4.78 is 23.3. The Morgan fingerprint density at radius 1 is 1.29 bits per heavy atom. The lowest BCUT2D eigenvalue weighted by Gasteiger charge is -2.08. The van der Waals surface area contributed by atoms with Crippen LogP contribution < -0.4 is 5.32 Å². The molecule has 0 fully saturated rings. The van der Waals surface area contributed by atoms with E-state index < -0.39 is 6.04 Å². The fraction of sp³-hybridized carbons (Fsp3) is 0.235. The van der Waals surface area contributed by atoms with E-state index in [1.165, 1.54) is 12.1 Å². The Morgan fingerprint density at radius 2 is 2.08 bits per heavy atom. The predicted octanol–water partition coefficient (Wildman–Crippen LogP) is 3.28. The van der Waals surface area contributed by atoms with Crippen molar-refractivity contribution < 1.29 is 18.1 Å². The number of carbonyl (C=O) groups excluding carboxylic acids is 1. The smallest absolute Gasteiger partial charge is 0.249 e. The van der Waals surface area contributed by atoms with Gasteiger partial charge in [-0.3, -0.25) is 4.79 Å². The van der Waals surface area contributed by atoms with E-state index in [0.29, 0.717) is 30.1 Å². The Morgan fingerprint density at radius 3 is 2.79 bits per heavy atom. The first-order valence-corrected chi connectivity index (χ1v) is 7.53. The first-order valence-electron chi connectivity index (χ1n) is 7.53. The Balaban J connectivity index is 1.58. The van der Waals surface area contributed by atoms with Crippen LogP contribution in [0.25, 0.3) is 11.4 Å². The average Bonchev–Trinajstić information content (AvgIpc) is 3.25. The van der Waals surface area contributed by atoms with Crippen LogP contribution in [0.2, 0.25) is 0 Å². The SMILES string of the molecule is C[C@@H](NC(=O)CCc1ccco1)c1nc(-c2ccc(F)cc2)no1. The fourth-order valence-electron chi connectivity index (χ4n) is 2.19. The lowest BCUT2D eigenvalue weighted by atomic mass is 10.2. The standard InChI is InChI=1S/C17H16FN3O3/c1-11(19-15(22)9-8-14-3-2-10-23-14)17-20-16(21-24-17)12-4-6-13(18)7-5-12/h2-7,10-11H,8-9H2,1H3,(H,19,22)/t11-/m1/s1. The first-order chi connectivity index (χ1) is 11.6. The number of rotatable bonds is 6. The molecule has 0 aliphatic carbocycles. The third-order valence-electron chi connectivity index (χ3n) is 3.47. The number of furan rings is 1. The molecule has 1 atom stereocenters. The molecule has 1 amide bonds. The van der Waals surface area contributed by atoms with Crippen molar-refractivity contribution in [2.45, 2.75) is 25.8 Å². The Hall–Kier alpha value is -2.96. The number of nitrogens with zero attached hydrogens (tertiary/aromatic N) is 2. The quantitative estimate of drug-likeness (QED) is 0.750. The summed E-state index contributed by atoms with van der Waals surface area (Å²) in [5.74, 6) is 0.927. The minimum Gasteiger partial charge on any atom is -0.469 e. The van der Waals surface area contributed by atoms with Gasteiger partial charge in [0.2, 0.25) is 17.6 Å². The summed E-state index contributed by atoms with van der Waals surface area (Å²) in [5.41, 5.74) is 0.641. The molecular weight excluding hydrogens is 313 g/mol. The fourth-order valence-corrected chi connectivity index (χ4v) is 2.19. The molecule has 0 spiro atoms. The zero-order valence-corrected chi connectivity index (χ0v) is 13.0. The number of hydrogen-bond donors (Lipinski definition) is 1. The molecule has 0 radical (unpaired) electrons. The van der Waals surface area contributed by atoms with Gasteiger partial charge in [-0.15, -0.1) is 0 Å². The van der Waals surface area contributed by atoms with Crippen molar-refractivity contribution >= 4 is 5.91 Å². The average molecular weight is 329 g/mol. The minimum atomic E-state index is -0.421. The van der Waals surface area contributed by atoms with Gasteiger partial charge < -0.3 is 14.3 Å². The van der Waals surface area contributed by atoms with Crippen molar-refractivity contribution in [2.75, 3.05) is 0 Å². The van der Waals surface area contributed by atoms with Crippen LogP contribution in [0, 0.1) is 5.82 Å². The summed E-state index contributed by atoms with van der Waals surface area (Å²) >= 11 is 0. The summed E-state index contributed by atoms with van der Waals surface area (Å²) in [6.45, 7) is 1.76. The number of aryl methyl sites for hydroxylation is 1. The van der Waals surface area contributed by atoms with Crippen LogP contribution >= 0.6 is 0 Å². The van der Waals surface area contributed by atoms with Crippen molar-refractivity contribution in [2.24, 2.45) is 0 Å². The van der Waals surface area contributed by atoms with Crippen LogP contribution in [0.4, 0.5) is 4.39 Å². The van der Waals surface area contributed by atoms with Gasteiger partial charge in [-0.1, -0.05) is 5.16 Å². The maximum absolute atomic E-state index is 12.9. The lowest BCUT2D eigenvalue weighted by Crippen LogP contribution is -2.27. The normalized spacial score (nSPS) is 12.1.